The number of hydrogen-bond acceptors (Lipinski definition) is 5. The van der Waals surface area contributed by atoms with Gasteiger partial charge in [0.1, 0.15) is 0 Å². The Hall–Kier alpha value is -3.76. The highest BCUT2D eigenvalue weighted by Gasteiger charge is 2.43. The van der Waals surface area contributed by atoms with Crippen molar-refractivity contribution < 1.29 is 13.2 Å². The minimum Gasteiger partial charge on any atom is -0.325 e. The average molecular weight is 465 g/mol. The number of carbonyl (C=O) groups is 1. The van der Waals surface area contributed by atoms with Crippen LogP contribution in [0.2, 0.25) is 0 Å². The van der Waals surface area contributed by atoms with Crippen molar-refractivity contribution in [2.45, 2.75) is 23.7 Å². The molecule has 2 heterocycles. The first kappa shape index (κ1) is 21.1. The van der Waals surface area contributed by atoms with Crippen LogP contribution in [-0.4, -0.2) is 31.3 Å². The van der Waals surface area contributed by atoms with Gasteiger partial charge in [0.2, 0.25) is 15.9 Å². The smallest absolute Gasteiger partial charge is 0.325 e. The van der Waals surface area contributed by atoms with Gasteiger partial charge in [-0.05, 0) is 54.4 Å². The molecule has 0 spiro atoms. The Balaban J connectivity index is 1.73. The van der Waals surface area contributed by atoms with Crippen LogP contribution < -0.4 is 21.3 Å². The maximum absolute atomic E-state index is 13.1. The number of anilines is 1. The fourth-order valence-electron chi connectivity index (χ4n) is 4.86. The maximum atomic E-state index is 13.1. The van der Waals surface area contributed by atoms with Gasteiger partial charge in [0, 0.05) is 17.8 Å². The van der Waals surface area contributed by atoms with Crippen molar-refractivity contribution in [1.82, 2.24) is 14.7 Å². The number of aromatic amines is 2. The van der Waals surface area contributed by atoms with E-state index in [0.29, 0.717) is 22.4 Å². The van der Waals surface area contributed by atoms with E-state index >= 15 is 0 Å². The topological polar surface area (TPSA) is 141 Å². The largest absolute Gasteiger partial charge is 0.325 e. The van der Waals surface area contributed by atoms with Gasteiger partial charge in [-0.1, -0.05) is 29.8 Å². The zero-order valence-corrected chi connectivity index (χ0v) is 18.5. The number of amides is 1. The van der Waals surface area contributed by atoms with Crippen molar-refractivity contribution in [3.8, 4) is 0 Å². The van der Waals surface area contributed by atoms with E-state index in [2.05, 4.69) is 20.0 Å². The summed E-state index contributed by atoms with van der Waals surface area (Å²) >= 11 is 0. The molecule has 0 saturated carbocycles. The quantitative estimate of drug-likeness (QED) is 0.464. The number of rotatable bonds is 4. The fraction of sp³-hybridized carbons (Fsp3) is 0.174. The lowest BCUT2D eigenvalue weighted by Crippen LogP contribution is -2.24. The van der Waals surface area contributed by atoms with E-state index in [0.717, 1.165) is 16.7 Å². The number of H-pyrrole nitrogens is 2. The second-order valence-electron chi connectivity index (χ2n) is 8.03. The SMILES string of the molecule is CNS(=O)(=O)c1ccc2c(c1)C(C1C(C)=C(c3c[nH]c(=O)[nH]c3=O)c3ccccc31)C(=O)N2. The Morgan fingerprint density at radius 3 is 2.42 bits per heavy atom. The molecule has 0 bridgehead atoms. The second-order valence-corrected chi connectivity index (χ2v) is 9.92. The first-order chi connectivity index (χ1) is 15.7. The molecule has 10 heteroatoms. The standard InChI is InChI=1S/C23H20N4O5S/c1-11-18(16-10-25-23(30)27-21(16)28)13-5-3-4-6-14(13)19(11)20-15-9-12(33(31,32)24-2)7-8-17(15)26-22(20)29/h3-10,19-20,24H,1-2H3,(H,26,29)(H2,25,27,28,30). The molecule has 168 valence electrons. The predicted molar refractivity (Wildman–Crippen MR) is 123 cm³/mol. The zero-order valence-electron chi connectivity index (χ0n) is 17.7. The van der Waals surface area contributed by atoms with Crippen LogP contribution in [0.15, 0.2) is 68.7 Å². The van der Waals surface area contributed by atoms with E-state index in [4.69, 9.17) is 0 Å². The monoisotopic (exact) mass is 464 g/mol. The molecule has 0 radical (unpaired) electrons. The number of sulfonamides is 1. The van der Waals surface area contributed by atoms with Gasteiger partial charge in [-0.25, -0.2) is 17.9 Å². The van der Waals surface area contributed by atoms with Crippen LogP contribution in [0.4, 0.5) is 5.69 Å². The summed E-state index contributed by atoms with van der Waals surface area (Å²) in [7, 11) is -2.37. The molecule has 1 aliphatic carbocycles. The van der Waals surface area contributed by atoms with Crippen LogP contribution in [0.25, 0.3) is 5.57 Å². The number of nitrogens with one attached hydrogen (secondary N) is 4. The molecule has 0 fully saturated rings. The Labute approximate surface area is 188 Å². The summed E-state index contributed by atoms with van der Waals surface area (Å²) in [6.07, 6.45) is 1.37. The minimum atomic E-state index is -3.70. The number of benzene rings is 2. The highest BCUT2D eigenvalue weighted by atomic mass is 32.2. The van der Waals surface area contributed by atoms with Crippen molar-refractivity contribution in [2.75, 3.05) is 12.4 Å². The Morgan fingerprint density at radius 1 is 0.939 bits per heavy atom. The molecular weight excluding hydrogens is 444 g/mol. The summed E-state index contributed by atoms with van der Waals surface area (Å²) < 4.78 is 27.1. The van der Waals surface area contributed by atoms with Gasteiger partial charge >= 0.3 is 5.69 Å². The molecule has 2 unspecified atom stereocenters. The van der Waals surface area contributed by atoms with E-state index in [1.165, 1.54) is 25.4 Å². The summed E-state index contributed by atoms with van der Waals surface area (Å²) in [5.41, 5.74) is 3.37. The molecule has 2 atom stereocenters. The number of allylic oxidation sites excluding steroid dienone is 1. The number of fused-ring (bicyclic) bond motifs is 2. The molecule has 2 aliphatic rings. The summed E-state index contributed by atoms with van der Waals surface area (Å²) in [6.45, 7) is 1.85. The molecule has 9 nitrogen and oxygen atoms in total. The molecule has 5 rings (SSSR count). The van der Waals surface area contributed by atoms with Gasteiger partial charge in [0.05, 0.1) is 16.4 Å². The number of hydrogen-bond donors (Lipinski definition) is 4. The van der Waals surface area contributed by atoms with Crippen LogP contribution in [0.5, 0.6) is 0 Å². The van der Waals surface area contributed by atoms with Gasteiger partial charge in [-0.2, -0.15) is 0 Å². The van der Waals surface area contributed by atoms with E-state index in [1.54, 1.807) is 6.07 Å². The highest BCUT2D eigenvalue weighted by molar-refractivity contribution is 7.89. The van der Waals surface area contributed by atoms with Gasteiger partial charge in [0.15, 0.2) is 0 Å². The minimum absolute atomic E-state index is 0.0652. The third-order valence-corrected chi connectivity index (χ3v) is 7.74. The molecule has 1 aromatic heterocycles. The molecular formula is C23H20N4O5S. The van der Waals surface area contributed by atoms with Crippen LogP contribution >= 0.6 is 0 Å². The predicted octanol–water partition coefficient (Wildman–Crippen LogP) is 1.63. The van der Waals surface area contributed by atoms with Crippen molar-refractivity contribution >= 4 is 27.2 Å². The Kier molecular flexibility index (Phi) is 4.73. The van der Waals surface area contributed by atoms with Crippen molar-refractivity contribution in [1.29, 1.82) is 0 Å². The number of carbonyl (C=O) groups excluding carboxylic acids is 1. The Morgan fingerprint density at radius 2 is 1.70 bits per heavy atom. The highest BCUT2D eigenvalue weighted by Crippen LogP contribution is 2.53. The first-order valence-electron chi connectivity index (χ1n) is 10.2. The van der Waals surface area contributed by atoms with E-state index < -0.39 is 33.1 Å². The summed E-state index contributed by atoms with van der Waals surface area (Å²) in [5.74, 6) is -1.36. The normalized spacial score (nSPS) is 19.4. The van der Waals surface area contributed by atoms with Crippen molar-refractivity contribution in [3.63, 3.8) is 0 Å². The average Bonchev–Trinajstić information content (AvgIpc) is 3.25. The lowest BCUT2D eigenvalue weighted by Gasteiger charge is -2.21. The number of aromatic nitrogens is 2. The van der Waals surface area contributed by atoms with Gasteiger partial charge in [-0.3, -0.25) is 14.6 Å². The molecule has 0 saturated heterocycles. The van der Waals surface area contributed by atoms with Crippen LogP contribution in [0.3, 0.4) is 0 Å². The second kappa shape index (κ2) is 7.39. The third kappa shape index (κ3) is 3.18. The van der Waals surface area contributed by atoms with E-state index in [-0.39, 0.29) is 10.8 Å². The van der Waals surface area contributed by atoms with Crippen LogP contribution in [0.1, 0.15) is 41.0 Å². The van der Waals surface area contributed by atoms with Gasteiger partial charge in [0.25, 0.3) is 5.56 Å². The lowest BCUT2D eigenvalue weighted by molar-refractivity contribution is -0.117. The molecule has 1 amide bonds. The molecule has 4 N–H and O–H groups in total. The lowest BCUT2D eigenvalue weighted by atomic mass is 9.80. The van der Waals surface area contributed by atoms with Crippen LogP contribution in [-0.2, 0) is 14.8 Å². The summed E-state index contributed by atoms with van der Waals surface area (Å²) in [6, 6.07) is 12.0. The maximum Gasteiger partial charge on any atom is 0.325 e. The molecule has 1 aliphatic heterocycles. The van der Waals surface area contributed by atoms with Gasteiger partial charge in [-0.15, -0.1) is 0 Å². The molecule has 3 aromatic rings. The fourth-order valence-corrected chi connectivity index (χ4v) is 5.62. The van der Waals surface area contributed by atoms with Crippen LogP contribution in [0, 0.1) is 0 Å². The van der Waals surface area contributed by atoms with E-state index in [9.17, 15) is 22.8 Å². The zero-order chi connectivity index (χ0) is 23.5. The van der Waals surface area contributed by atoms with Gasteiger partial charge < -0.3 is 10.3 Å². The summed E-state index contributed by atoms with van der Waals surface area (Å²) in [5, 5.41) is 2.85. The third-order valence-electron chi connectivity index (χ3n) is 6.33. The van der Waals surface area contributed by atoms with Crippen molar-refractivity contribution in [3.05, 3.63) is 97.3 Å². The van der Waals surface area contributed by atoms with Crippen molar-refractivity contribution in [2.24, 2.45) is 0 Å². The molecule has 2 aromatic carbocycles. The molecule has 33 heavy (non-hydrogen) atoms. The van der Waals surface area contributed by atoms with E-state index in [1.807, 2.05) is 31.2 Å². The Bertz CT molecular complexity index is 1580. The summed E-state index contributed by atoms with van der Waals surface area (Å²) in [4.78, 5) is 42.1. The first-order valence-corrected chi connectivity index (χ1v) is 11.7.